The molecule has 3 aromatic rings. The third-order valence-corrected chi connectivity index (χ3v) is 5.09. The summed E-state index contributed by atoms with van der Waals surface area (Å²) in [5.74, 6) is -0.399. The summed E-state index contributed by atoms with van der Waals surface area (Å²) in [6, 6.07) is 13.3. The minimum atomic E-state index is -3.74. The highest BCUT2D eigenvalue weighted by Crippen LogP contribution is 2.21. The Morgan fingerprint density at radius 3 is 2.50 bits per heavy atom. The van der Waals surface area contributed by atoms with Gasteiger partial charge >= 0.3 is 0 Å². The number of rotatable bonds is 5. The van der Waals surface area contributed by atoms with Crippen LogP contribution in [-0.4, -0.2) is 30.1 Å². The normalized spacial score (nSPS) is 11.7. The molecule has 144 valence electrons. The first kappa shape index (κ1) is 19.5. The predicted molar refractivity (Wildman–Crippen MR) is 106 cm³/mol. The molecular weight excluding hydrogens is 378 g/mol. The number of hydrogen-bond acceptors (Lipinski definition) is 5. The average molecular weight is 397 g/mol. The maximum Gasteiger partial charge on any atom is 0.289 e. The van der Waals surface area contributed by atoms with Crippen molar-refractivity contribution < 1.29 is 13.2 Å². The van der Waals surface area contributed by atoms with Gasteiger partial charge in [-0.15, -0.1) is 0 Å². The number of aromatic nitrogens is 2. The van der Waals surface area contributed by atoms with Crippen LogP contribution in [0.25, 0.3) is 5.69 Å². The van der Waals surface area contributed by atoms with Gasteiger partial charge in [0, 0.05) is 28.8 Å². The number of primary sulfonamides is 1. The second-order valence-electron chi connectivity index (χ2n) is 6.11. The molecule has 9 heteroatoms. The number of hydrazone groups is 1. The molecule has 0 fully saturated rings. The summed E-state index contributed by atoms with van der Waals surface area (Å²) in [5.41, 5.74) is 6.14. The van der Waals surface area contributed by atoms with Gasteiger partial charge in [0.2, 0.25) is 10.0 Å². The number of carbonyl (C=O) groups excluding carboxylic acids is 1. The number of nitrogens with two attached hydrogens (primary N) is 1. The SMILES string of the molecule is Cc1cc(/C=N\NC(=O)c2ccccn2)c(C)n1-c1ccc(S(N)(=O)=O)cc1. The molecule has 2 aromatic heterocycles. The maximum absolute atomic E-state index is 12.0. The number of pyridine rings is 1. The molecule has 1 amide bonds. The molecule has 0 aliphatic heterocycles. The summed E-state index contributed by atoms with van der Waals surface area (Å²) >= 11 is 0. The van der Waals surface area contributed by atoms with Gasteiger partial charge in [0.25, 0.3) is 5.91 Å². The topological polar surface area (TPSA) is 119 Å². The van der Waals surface area contributed by atoms with Crippen LogP contribution in [0.1, 0.15) is 27.4 Å². The lowest BCUT2D eigenvalue weighted by atomic mass is 10.2. The molecule has 2 heterocycles. The van der Waals surface area contributed by atoms with Crippen molar-refractivity contribution in [3.8, 4) is 5.69 Å². The fraction of sp³-hybridized carbons (Fsp3) is 0.105. The Balaban J connectivity index is 1.81. The van der Waals surface area contributed by atoms with Gasteiger partial charge < -0.3 is 4.57 Å². The lowest BCUT2D eigenvalue weighted by Gasteiger charge is -2.10. The van der Waals surface area contributed by atoms with Crippen LogP contribution >= 0.6 is 0 Å². The summed E-state index contributed by atoms with van der Waals surface area (Å²) in [4.78, 5) is 16.0. The van der Waals surface area contributed by atoms with Gasteiger partial charge in [0.1, 0.15) is 5.69 Å². The Hall–Kier alpha value is -3.30. The van der Waals surface area contributed by atoms with E-state index in [1.165, 1.54) is 18.3 Å². The highest BCUT2D eigenvalue weighted by Gasteiger charge is 2.12. The van der Waals surface area contributed by atoms with Crippen molar-refractivity contribution in [2.45, 2.75) is 18.7 Å². The number of benzene rings is 1. The van der Waals surface area contributed by atoms with Gasteiger partial charge in [-0.1, -0.05) is 6.07 Å². The van der Waals surface area contributed by atoms with E-state index < -0.39 is 15.9 Å². The van der Waals surface area contributed by atoms with Crippen molar-refractivity contribution in [3.63, 3.8) is 0 Å². The monoisotopic (exact) mass is 397 g/mol. The third kappa shape index (κ3) is 4.16. The van der Waals surface area contributed by atoms with Crippen molar-refractivity contribution in [1.29, 1.82) is 0 Å². The zero-order valence-corrected chi connectivity index (χ0v) is 16.1. The van der Waals surface area contributed by atoms with Crippen LogP contribution < -0.4 is 10.6 Å². The lowest BCUT2D eigenvalue weighted by molar-refractivity contribution is 0.0950. The summed E-state index contributed by atoms with van der Waals surface area (Å²) in [6.07, 6.45) is 3.09. The molecule has 3 N–H and O–H groups in total. The van der Waals surface area contributed by atoms with Gasteiger partial charge in [0.15, 0.2) is 0 Å². The quantitative estimate of drug-likeness (QED) is 0.505. The first-order chi connectivity index (χ1) is 13.3. The molecule has 1 aromatic carbocycles. The number of nitrogens with one attached hydrogen (secondary N) is 1. The number of carbonyl (C=O) groups is 1. The van der Waals surface area contributed by atoms with Crippen LogP contribution in [0, 0.1) is 13.8 Å². The molecule has 0 aliphatic carbocycles. The van der Waals surface area contributed by atoms with Gasteiger partial charge in [-0.05, 0) is 56.3 Å². The summed E-state index contributed by atoms with van der Waals surface area (Å²) in [5, 5.41) is 9.14. The summed E-state index contributed by atoms with van der Waals surface area (Å²) < 4.78 is 24.8. The Morgan fingerprint density at radius 2 is 1.89 bits per heavy atom. The van der Waals surface area contributed by atoms with Gasteiger partial charge in [-0.25, -0.2) is 19.0 Å². The van der Waals surface area contributed by atoms with Crippen molar-refractivity contribution in [2.75, 3.05) is 0 Å². The number of aryl methyl sites for hydroxylation is 1. The lowest BCUT2D eigenvalue weighted by Crippen LogP contribution is -2.18. The van der Waals surface area contributed by atoms with Crippen LogP contribution in [0.15, 0.2) is 64.7 Å². The van der Waals surface area contributed by atoms with Crippen LogP contribution in [-0.2, 0) is 10.0 Å². The molecule has 0 spiro atoms. The fourth-order valence-electron chi connectivity index (χ4n) is 2.82. The highest BCUT2D eigenvalue weighted by molar-refractivity contribution is 7.89. The Bertz CT molecular complexity index is 1130. The maximum atomic E-state index is 12.0. The van der Waals surface area contributed by atoms with Crippen molar-refractivity contribution in [2.24, 2.45) is 10.2 Å². The summed E-state index contributed by atoms with van der Waals surface area (Å²) in [7, 11) is -3.74. The Kier molecular flexibility index (Phi) is 5.39. The molecular formula is C19H19N5O3S. The van der Waals surface area contributed by atoms with Gasteiger partial charge in [0.05, 0.1) is 11.1 Å². The van der Waals surface area contributed by atoms with E-state index in [1.807, 2.05) is 24.5 Å². The molecule has 28 heavy (non-hydrogen) atoms. The highest BCUT2D eigenvalue weighted by atomic mass is 32.2. The Labute approximate surface area is 162 Å². The molecule has 0 atom stereocenters. The predicted octanol–water partition coefficient (Wildman–Crippen LogP) is 1.90. The van der Waals surface area contributed by atoms with Crippen molar-refractivity contribution in [3.05, 3.63) is 77.4 Å². The zero-order chi connectivity index (χ0) is 20.3. The molecule has 0 radical (unpaired) electrons. The van der Waals surface area contributed by atoms with Gasteiger partial charge in [-0.2, -0.15) is 5.10 Å². The smallest absolute Gasteiger partial charge is 0.289 e. The molecule has 8 nitrogen and oxygen atoms in total. The zero-order valence-electron chi connectivity index (χ0n) is 15.3. The van der Waals surface area contributed by atoms with E-state index in [2.05, 4.69) is 15.5 Å². The standard InChI is InChI=1S/C19H19N5O3S/c1-13-11-15(12-22-23-19(25)18-5-3-4-10-21-18)14(2)24(13)16-6-8-17(9-7-16)28(20,26)27/h3-12H,1-2H3,(H,23,25)(H2,20,26,27)/b22-12-. The molecule has 0 bridgehead atoms. The Morgan fingerprint density at radius 1 is 1.18 bits per heavy atom. The number of hydrogen-bond donors (Lipinski definition) is 2. The second-order valence-corrected chi connectivity index (χ2v) is 7.68. The van der Waals surface area contributed by atoms with E-state index in [0.29, 0.717) is 0 Å². The fourth-order valence-corrected chi connectivity index (χ4v) is 3.33. The molecule has 3 rings (SSSR count). The minimum Gasteiger partial charge on any atom is -0.318 e. The number of nitrogens with zero attached hydrogens (tertiary/aromatic N) is 3. The van der Waals surface area contributed by atoms with Crippen molar-refractivity contribution in [1.82, 2.24) is 15.0 Å². The van der Waals surface area contributed by atoms with E-state index in [1.54, 1.807) is 36.5 Å². The van der Waals surface area contributed by atoms with Crippen LogP contribution in [0.3, 0.4) is 0 Å². The van der Waals surface area contributed by atoms with Crippen molar-refractivity contribution >= 4 is 22.1 Å². The molecule has 0 unspecified atom stereocenters. The molecule has 0 aliphatic rings. The average Bonchev–Trinajstić information content (AvgIpc) is 2.95. The molecule has 0 saturated heterocycles. The largest absolute Gasteiger partial charge is 0.318 e. The van der Waals surface area contributed by atoms with E-state index >= 15 is 0 Å². The number of amides is 1. The van der Waals surface area contributed by atoms with Crippen LogP contribution in [0.5, 0.6) is 0 Å². The van der Waals surface area contributed by atoms with E-state index in [-0.39, 0.29) is 10.6 Å². The minimum absolute atomic E-state index is 0.0535. The first-order valence-electron chi connectivity index (χ1n) is 8.34. The third-order valence-electron chi connectivity index (χ3n) is 4.16. The summed E-state index contributed by atoms with van der Waals surface area (Å²) in [6.45, 7) is 3.83. The van der Waals surface area contributed by atoms with Gasteiger partial charge in [-0.3, -0.25) is 9.78 Å². The van der Waals surface area contributed by atoms with E-state index in [9.17, 15) is 13.2 Å². The first-order valence-corrected chi connectivity index (χ1v) is 9.88. The second kappa shape index (κ2) is 7.75. The van der Waals surface area contributed by atoms with E-state index in [0.717, 1.165) is 22.6 Å². The van der Waals surface area contributed by atoms with E-state index in [4.69, 9.17) is 5.14 Å². The number of sulfonamides is 1. The van der Waals surface area contributed by atoms with Crippen LogP contribution in [0.2, 0.25) is 0 Å². The molecule has 0 saturated carbocycles. The van der Waals surface area contributed by atoms with Crippen LogP contribution in [0.4, 0.5) is 0 Å².